The number of rotatable bonds is 4. The minimum atomic E-state index is -0.940. The predicted octanol–water partition coefficient (Wildman–Crippen LogP) is 3.53. The van der Waals surface area contributed by atoms with E-state index in [1.54, 1.807) is 17.3 Å². The zero-order valence-corrected chi connectivity index (χ0v) is 14.5. The first-order chi connectivity index (χ1) is 13.1. The molecule has 4 rings (SSSR count). The Hall–Kier alpha value is -3.09. The highest BCUT2D eigenvalue weighted by Crippen LogP contribution is 2.31. The van der Waals surface area contributed by atoms with E-state index in [-0.39, 0.29) is 5.91 Å². The topological polar surface area (TPSA) is 59.2 Å². The van der Waals surface area contributed by atoms with Crippen LogP contribution in [0.2, 0.25) is 0 Å². The Kier molecular flexibility index (Phi) is 4.66. The SMILES string of the molecule is O=C(CCc1cccnc1)N1CCc2onc(-c3ccc(F)c(F)c3)c2C1. The van der Waals surface area contributed by atoms with Crippen molar-refractivity contribution in [2.24, 2.45) is 0 Å². The van der Waals surface area contributed by atoms with E-state index in [0.717, 1.165) is 23.3 Å². The molecule has 5 nitrogen and oxygen atoms in total. The summed E-state index contributed by atoms with van der Waals surface area (Å²) < 4.78 is 32.1. The summed E-state index contributed by atoms with van der Waals surface area (Å²) in [5, 5.41) is 4.02. The second kappa shape index (κ2) is 7.26. The van der Waals surface area contributed by atoms with Gasteiger partial charge in [-0.15, -0.1) is 0 Å². The first kappa shape index (κ1) is 17.3. The van der Waals surface area contributed by atoms with Gasteiger partial charge in [-0.3, -0.25) is 9.78 Å². The highest BCUT2D eigenvalue weighted by molar-refractivity contribution is 5.77. The number of carbonyl (C=O) groups is 1. The Morgan fingerprint density at radius 1 is 1.22 bits per heavy atom. The van der Waals surface area contributed by atoms with Crippen molar-refractivity contribution in [1.29, 1.82) is 0 Å². The van der Waals surface area contributed by atoms with Gasteiger partial charge in [0.2, 0.25) is 5.91 Å². The van der Waals surface area contributed by atoms with Crippen molar-refractivity contribution >= 4 is 5.91 Å². The largest absolute Gasteiger partial charge is 0.360 e. The second-order valence-corrected chi connectivity index (χ2v) is 6.49. The Morgan fingerprint density at radius 2 is 2.11 bits per heavy atom. The lowest BCUT2D eigenvalue weighted by atomic mass is 10.0. The number of aryl methyl sites for hydroxylation is 1. The molecule has 1 aromatic carbocycles. The summed E-state index contributed by atoms with van der Waals surface area (Å²) in [6.45, 7) is 0.893. The van der Waals surface area contributed by atoms with Crippen LogP contribution in [0.3, 0.4) is 0 Å². The second-order valence-electron chi connectivity index (χ2n) is 6.49. The van der Waals surface area contributed by atoms with Gasteiger partial charge < -0.3 is 9.42 Å². The summed E-state index contributed by atoms with van der Waals surface area (Å²) in [7, 11) is 0. The van der Waals surface area contributed by atoms with Gasteiger partial charge in [0.05, 0.1) is 6.54 Å². The predicted molar refractivity (Wildman–Crippen MR) is 93.5 cm³/mol. The molecule has 0 N–H and O–H groups in total. The minimum Gasteiger partial charge on any atom is -0.360 e. The molecule has 1 aliphatic heterocycles. The molecule has 0 saturated heterocycles. The van der Waals surface area contributed by atoms with Gasteiger partial charge in [0, 0.05) is 42.9 Å². The number of carbonyl (C=O) groups excluding carboxylic acids is 1. The van der Waals surface area contributed by atoms with E-state index in [0.29, 0.717) is 49.4 Å². The van der Waals surface area contributed by atoms with Crippen LogP contribution in [0.1, 0.15) is 23.3 Å². The van der Waals surface area contributed by atoms with E-state index in [9.17, 15) is 13.6 Å². The number of nitrogens with zero attached hydrogens (tertiary/aromatic N) is 3. The van der Waals surface area contributed by atoms with E-state index in [1.165, 1.54) is 6.07 Å². The molecule has 0 unspecified atom stereocenters. The van der Waals surface area contributed by atoms with Crippen LogP contribution in [-0.2, 0) is 24.2 Å². The number of pyridine rings is 1. The molecule has 3 aromatic rings. The molecule has 1 amide bonds. The van der Waals surface area contributed by atoms with Gasteiger partial charge in [-0.2, -0.15) is 0 Å². The van der Waals surface area contributed by atoms with Crippen LogP contribution < -0.4 is 0 Å². The number of amides is 1. The maximum atomic E-state index is 13.6. The van der Waals surface area contributed by atoms with Gasteiger partial charge in [0.1, 0.15) is 11.5 Å². The summed E-state index contributed by atoms with van der Waals surface area (Å²) in [6.07, 6.45) is 5.00. The summed E-state index contributed by atoms with van der Waals surface area (Å²) in [6, 6.07) is 7.40. The Morgan fingerprint density at radius 3 is 2.89 bits per heavy atom. The molecule has 2 aromatic heterocycles. The molecule has 0 fully saturated rings. The molecule has 0 atom stereocenters. The third-order valence-corrected chi connectivity index (χ3v) is 4.72. The smallest absolute Gasteiger partial charge is 0.223 e. The zero-order valence-electron chi connectivity index (χ0n) is 14.5. The van der Waals surface area contributed by atoms with Crippen LogP contribution in [-0.4, -0.2) is 27.5 Å². The standard InChI is InChI=1S/C20H17F2N3O2/c21-16-5-4-14(10-17(16)22)20-15-12-25(9-7-18(15)27-24-20)19(26)6-3-13-2-1-8-23-11-13/h1-2,4-5,8,10-11H,3,6-7,9,12H2. The van der Waals surface area contributed by atoms with Crippen LogP contribution in [0.15, 0.2) is 47.2 Å². The van der Waals surface area contributed by atoms with Gasteiger partial charge in [-0.25, -0.2) is 8.78 Å². The first-order valence-corrected chi connectivity index (χ1v) is 8.71. The lowest BCUT2D eigenvalue weighted by Gasteiger charge is -2.26. The molecule has 27 heavy (non-hydrogen) atoms. The number of benzene rings is 1. The van der Waals surface area contributed by atoms with Crippen molar-refractivity contribution in [2.75, 3.05) is 6.54 Å². The van der Waals surface area contributed by atoms with Crippen molar-refractivity contribution < 1.29 is 18.1 Å². The third-order valence-electron chi connectivity index (χ3n) is 4.72. The Labute approximate surface area is 154 Å². The molecule has 138 valence electrons. The number of fused-ring (bicyclic) bond motifs is 1. The van der Waals surface area contributed by atoms with E-state index in [1.807, 2.05) is 12.1 Å². The molecular weight excluding hydrogens is 352 g/mol. The van der Waals surface area contributed by atoms with E-state index in [4.69, 9.17) is 4.52 Å². The Balaban J connectivity index is 1.50. The van der Waals surface area contributed by atoms with Crippen LogP contribution in [0, 0.1) is 11.6 Å². The normalized spacial score (nSPS) is 13.5. The van der Waals surface area contributed by atoms with E-state index >= 15 is 0 Å². The van der Waals surface area contributed by atoms with Crippen molar-refractivity contribution in [2.45, 2.75) is 25.8 Å². The quantitative estimate of drug-likeness (QED) is 0.706. The van der Waals surface area contributed by atoms with Crippen molar-refractivity contribution in [1.82, 2.24) is 15.0 Å². The Bertz CT molecular complexity index is 973. The van der Waals surface area contributed by atoms with Crippen LogP contribution in [0.25, 0.3) is 11.3 Å². The maximum Gasteiger partial charge on any atom is 0.223 e. The average molecular weight is 369 g/mol. The van der Waals surface area contributed by atoms with Crippen LogP contribution in [0.4, 0.5) is 8.78 Å². The minimum absolute atomic E-state index is 0.0296. The number of hydrogen-bond acceptors (Lipinski definition) is 4. The van der Waals surface area contributed by atoms with Crippen LogP contribution >= 0.6 is 0 Å². The summed E-state index contributed by atoms with van der Waals surface area (Å²) in [4.78, 5) is 18.4. The highest BCUT2D eigenvalue weighted by Gasteiger charge is 2.27. The molecular formula is C20H17F2N3O2. The van der Waals surface area contributed by atoms with Gasteiger partial charge >= 0.3 is 0 Å². The molecule has 3 heterocycles. The van der Waals surface area contributed by atoms with Crippen LogP contribution in [0.5, 0.6) is 0 Å². The first-order valence-electron chi connectivity index (χ1n) is 8.71. The number of halogens is 2. The molecule has 0 bridgehead atoms. The summed E-state index contributed by atoms with van der Waals surface area (Å²) in [5.74, 6) is -1.14. The molecule has 0 aliphatic carbocycles. The fraction of sp³-hybridized carbons (Fsp3) is 0.250. The third kappa shape index (κ3) is 3.58. The molecule has 0 radical (unpaired) electrons. The fourth-order valence-corrected chi connectivity index (χ4v) is 3.25. The maximum absolute atomic E-state index is 13.6. The molecule has 7 heteroatoms. The van der Waals surface area contributed by atoms with Crippen molar-refractivity contribution in [3.63, 3.8) is 0 Å². The van der Waals surface area contributed by atoms with Gasteiger partial charge in [0.15, 0.2) is 11.6 Å². The van der Waals surface area contributed by atoms with Crippen molar-refractivity contribution in [3.05, 3.63) is 71.2 Å². The fourth-order valence-electron chi connectivity index (χ4n) is 3.25. The summed E-state index contributed by atoms with van der Waals surface area (Å²) >= 11 is 0. The van der Waals surface area contributed by atoms with Gasteiger partial charge in [-0.1, -0.05) is 11.2 Å². The molecule has 0 saturated carbocycles. The van der Waals surface area contributed by atoms with Gasteiger partial charge in [-0.05, 0) is 36.2 Å². The van der Waals surface area contributed by atoms with E-state index in [2.05, 4.69) is 10.1 Å². The highest BCUT2D eigenvalue weighted by atomic mass is 19.2. The summed E-state index contributed by atoms with van der Waals surface area (Å²) in [5.41, 5.74) is 2.65. The molecule has 1 aliphatic rings. The molecule has 0 spiro atoms. The lowest BCUT2D eigenvalue weighted by molar-refractivity contribution is -0.132. The number of aromatic nitrogens is 2. The zero-order chi connectivity index (χ0) is 18.8. The van der Waals surface area contributed by atoms with Crippen molar-refractivity contribution in [3.8, 4) is 11.3 Å². The monoisotopic (exact) mass is 369 g/mol. The average Bonchev–Trinajstić information content (AvgIpc) is 3.12. The van der Waals surface area contributed by atoms with Gasteiger partial charge in [0.25, 0.3) is 0 Å². The number of hydrogen-bond donors (Lipinski definition) is 0. The lowest BCUT2D eigenvalue weighted by Crippen LogP contribution is -2.35. The van der Waals surface area contributed by atoms with E-state index < -0.39 is 11.6 Å².